The summed E-state index contributed by atoms with van der Waals surface area (Å²) in [5.41, 5.74) is 12.3. The van der Waals surface area contributed by atoms with Gasteiger partial charge in [-0.15, -0.1) is 5.10 Å². The van der Waals surface area contributed by atoms with Crippen molar-refractivity contribution in [2.24, 2.45) is 21.7 Å². The second-order valence-electron chi connectivity index (χ2n) is 3.62. The first-order chi connectivity index (χ1) is 8.16. The first-order valence-corrected chi connectivity index (χ1v) is 5.19. The Morgan fingerprint density at radius 1 is 1.24 bits per heavy atom. The molecule has 1 heterocycles. The van der Waals surface area contributed by atoms with Crippen molar-refractivity contribution >= 4 is 12.2 Å². The van der Waals surface area contributed by atoms with E-state index in [0.717, 1.165) is 16.9 Å². The fourth-order valence-electron chi connectivity index (χ4n) is 1.50. The normalized spacial score (nSPS) is 13.7. The highest BCUT2D eigenvalue weighted by Gasteiger charge is 2.13. The molecule has 1 aromatic rings. The van der Waals surface area contributed by atoms with Crippen LogP contribution in [0.15, 0.2) is 22.3 Å². The standard InChI is InChI=1S/C11H14N4O2/c1-7-4-9-10(17-3-2-16-9)5-8(7)6-14-15-11(12)13/h4-6H,2-3H2,1H3,(H4,12,13,15). The van der Waals surface area contributed by atoms with Crippen LogP contribution in [-0.4, -0.2) is 25.4 Å². The predicted molar refractivity (Wildman–Crippen MR) is 65.6 cm³/mol. The number of guanidine groups is 1. The Morgan fingerprint density at radius 3 is 2.53 bits per heavy atom. The van der Waals surface area contributed by atoms with Gasteiger partial charge in [0, 0.05) is 5.56 Å². The van der Waals surface area contributed by atoms with E-state index in [9.17, 15) is 0 Å². The molecule has 0 aliphatic carbocycles. The van der Waals surface area contributed by atoms with E-state index in [-0.39, 0.29) is 5.96 Å². The van der Waals surface area contributed by atoms with E-state index in [1.807, 2.05) is 19.1 Å². The van der Waals surface area contributed by atoms with Gasteiger partial charge in [0.05, 0.1) is 6.21 Å². The monoisotopic (exact) mass is 234 g/mol. The van der Waals surface area contributed by atoms with Gasteiger partial charge in [0.25, 0.3) is 0 Å². The van der Waals surface area contributed by atoms with Gasteiger partial charge in [0.15, 0.2) is 11.5 Å². The van der Waals surface area contributed by atoms with Crippen molar-refractivity contribution in [2.75, 3.05) is 13.2 Å². The summed E-state index contributed by atoms with van der Waals surface area (Å²) in [5, 5.41) is 7.31. The molecule has 0 unspecified atom stereocenters. The zero-order valence-electron chi connectivity index (χ0n) is 9.51. The van der Waals surface area contributed by atoms with E-state index < -0.39 is 0 Å². The number of hydrogen-bond acceptors (Lipinski definition) is 4. The largest absolute Gasteiger partial charge is 0.486 e. The first-order valence-electron chi connectivity index (χ1n) is 5.19. The summed E-state index contributed by atoms with van der Waals surface area (Å²) in [4.78, 5) is 0. The van der Waals surface area contributed by atoms with E-state index in [0.29, 0.717) is 19.0 Å². The summed E-state index contributed by atoms with van der Waals surface area (Å²) in [7, 11) is 0. The van der Waals surface area contributed by atoms with E-state index >= 15 is 0 Å². The Bertz CT molecular complexity index is 479. The molecule has 0 fully saturated rings. The zero-order chi connectivity index (χ0) is 12.3. The average Bonchev–Trinajstić information content (AvgIpc) is 2.29. The summed E-state index contributed by atoms with van der Waals surface area (Å²) >= 11 is 0. The number of nitrogens with zero attached hydrogens (tertiary/aromatic N) is 2. The Kier molecular flexibility index (Phi) is 3.13. The van der Waals surface area contributed by atoms with E-state index in [1.54, 1.807) is 6.21 Å². The molecular weight excluding hydrogens is 220 g/mol. The van der Waals surface area contributed by atoms with Gasteiger partial charge >= 0.3 is 0 Å². The molecule has 4 N–H and O–H groups in total. The first kappa shape index (κ1) is 11.3. The minimum atomic E-state index is -0.0727. The average molecular weight is 234 g/mol. The highest BCUT2D eigenvalue weighted by Crippen LogP contribution is 2.32. The SMILES string of the molecule is Cc1cc2c(cc1C=NN=C(N)N)OCCO2. The summed E-state index contributed by atoms with van der Waals surface area (Å²) in [6, 6.07) is 3.76. The van der Waals surface area contributed by atoms with Crippen LogP contribution in [0, 0.1) is 6.92 Å². The van der Waals surface area contributed by atoms with E-state index in [1.165, 1.54) is 0 Å². The van der Waals surface area contributed by atoms with E-state index in [2.05, 4.69) is 10.2 Å². The van der Waals surface area contributed by atoms with Gasteiger partial charge in [-0.25, -0.2) is 0 Å². The maximum atomic E-state index is 5.47. The van der Waals surface area contributed by atoms with Crippen molar-refractivity contribution in [3.05, 3.63) is 23.3 Å². The smallest absolute Gasteiger partial charge is 0.211 e. The van der Waals surface area contributed by atoms with Gasteiger partial charge in [0.1, 0.15) is 13.2 Å². The van der Waals surface area contributed by atoms with Gasteiger partial charge in [0.2, 0.25) is 5.96 Å². The minimum absolute atomic E-state index is 0.0727. The molecule has 0 spiro atoms. The highest BCUT2D eigenvalue weighted by molar-refractivity contribution is 5.84. The zero-order valence-corrected chi connectivity index (χ0v) is 9.51. The van der Waals surface area contributed by atoms with Crippen LogP contribution in [0.25, 0.3) is 0 Å². The molecule has 1 aliphatic rings. The molecule has 1 aliphatic heterocycles. The number of benzene rings is 1. The van der Waals surface area contributed by atoms with Gasteiger partial charge in [-0.2, -0.15) is 5.10 Å². The quantitative estimate of drug-likeness (QED) is 0.439. The fraction of sp³-hybridized carbons (Fsp3) is 0.273. The van der Waals surface area contributed by atoms with Crippen LogP contribution in [0.5, 0.6) is 11.5 Å². The molecule has 0 amide bonds. The summed E-state index contributed by atoms with van der Waals surface area (Å²) < 4.78 is 10.9. The van der Waals surface area contributed by atoms with Crippen molar-refractivity contribution in [3.63, 3.8) is 0 Å². The van der Waals surface area contributed by atoms with Crippen molar-refractivity contribution in [1.29, 1.82) is 0 Å². The number of hydrogen-bond donors (Lipinski definition) is 2. The Balaban J connectivity index is 2.29. The lowest BCUT2D eigenvalue weighted by molar-refractivity contribution is 0.171. The third-order valence-corrected chi connectivity index (χ3v) is 2.30. The van der Waals surface area contributed by atoms with Crippen LogP contribution in [0.4, 0.5) is 0 Å². The molecule has 0 bridgehead atoms. The molecular formula is C11H14N4O2. The molecule has 2 rings (SSSR count). The second kappa shape index (κ2) is 4.73. The lowest BCUT2D eigenvalue weighted by atomic mass is 10.1. The molecule has 0 aromatic heterocycles. The molecule has 17 heavy (non-hydrogen) atoms. The second-order valence-corrected chi connectivity index (χ2v) is 3.62. The van der Waals surface area contributed by atoms with Crippen LogP contribution in [0.1, 0.15) is 11.1 Å². The van der Waals surface area contributed by atoms with Crippen LogP contribution < -0.4 is 20.9 Å². The van der Waals surface area contributed by atoms with Crippen LogP contribution in [0.2, 0.25) is 0 Å². The van der Waals surface area contributed by atoms with Crippen LogP contribution >= 0.6 is 0 Å². The van der Waals surface area contributed by atoms with Gasteiger partial charge in [-0.05, 0) is 24.6 Å². The van der Waals surface area contributed by atoms with Crippen molar-refractivity contribution in [1.82, 2.24) is 0 Å². The Labute approximate surface area is 98.9 Å². The van der Waals surface area contributed by atoms with E-state index in [4.69, 9.17) is 20.9 Å². The number of rotatable bonds is 2. The molecule has 0 atom stereocenters. The number of fused-ring (bicyclic) bond motifs is 1. The van der Waals surface area contributed by atoms with Crippen LogP contribution in [0.3, 0.4) is 0 Å². The van der Waals surface area contributed by atoms with Gasteiger partial charge < -0.3 is 20.9 Å². The molecule has 0 saturated carbocycles. The molecule has 0 radical (unpaired) electrons. The maximum Gasteiger partial charge on any atom is 0.211 e. The van der Waals surface area contributed by atoms with Crippen molar-refractivity contribution in [2.45, 2.75) is 6.92 Å². The molecule has 90 valence electrons. The third kappa shape index (κ3) is 2.66. The van der Waals surface area contributed by atoms with Crippen molar-refractivity contribution < 1.29 is 9.47 Å². The lowest BCUT2D eigenvalue weighted by Crippen LogP contribution is -2.21. The molecule has 6 nitrogen and oxygen atoms in total. The Hall–Kier alpha value is -2.24. The summed E-state index contributed by atoms with van der Waals surface area (Å²) in [6.45, 7) is 3.09. The predicted octanol–water partition coefficient (Wildman–Crippen LogP) is 0.374. The molecule has 6 heteroatoms. The Morgan fingerprint density at radius 2 is 1.88 bits per heavy atom. The molecule has 0 saturated heterocycles. The topological polar surface area (TPSA) is 95.2 Å². The summed E-state index contributed by atoms with van der Waals surface area (Å²) in [6.07, 6.45) is 1.58. The highest BCUT2D eigenvalue weighted by atomic mass is 16.6. The third-order valence-electron chi connectivity index (χ3n) is 2.30. The fourth-order valence-corrected chi connectivity index (χ4v) is 1.50. The minimum Gasteiger partial charge on any atom is -0.486 e. The van der Waals surface area contributed by atoms with Crippen LogP contribution in [-0.2, 0) is 0 Å². The molecule has 1 aromatic carbocycles. The number of aryl methyl sites for hydroxylation is 1. The van der Waals surface area contributed by atoms with Gasteiger partial charge in [-0.1, -0.05) is 0 Å². The van der Waals surface area contributed by atoms with Gasteiger partial charge in [-0.3, -0.25) is 0 Å². The maximum absolute atomic E-state index is 5.47. The number of nitrogens with two attached hydrogens (primary N) is 2. The summed E-state index contributed by atoms with van der Waals surface area (Å²) in [5.74, 6) is 1.40. The number of ether oxygens (including phenoxy) is 2. The lowest BCUT2D eigenvalue weighted by Gasteiger charge is -2.19. The van der Waals surface area contributed by atoms with Crippen molar-refractivity contribution in [3.8, 4) is 11.5 Å².